The number of thiocarbonyl (C=S) groups is 1. The molecule has 0 aliphatic heterocycles. The minimum atomic E-state index is 0. The number of hydrogen-bond donors (Lipinski definition) is 2. The Morgan fingerprint density at radius 1 is 1.88 bits per heavy atom. The second-order valence-electron chi connectivity index (χ2n) is 0.635. The van der Waals surface area contributed by atoms with Crippen molar-refractivity contribution in [2.24, 2.45) is 5.73 Å². The average molecular weight is 161 g/mol. The quantitative estimate of drug-likeness (QED) is 0.223. The van der Waals surface area contributed by atoms with Gasteiger partial charge in [0.2, 0.25) is 0 Å². The number of aliphatic hydroxyl groups excluding tert-OH is 1. The van der Waals surface area contributed by atoms with Gasteiger partial charge in [0.05, 0.1) is 0 Å². The Hall–Kier alpha value is 1.07. The van der Waals surface area contributed by atoms with Crippen molar-refractivity contribution in [1.82, 2.24) is 0 Å². The van der Waals surface area contributed by atoms with Gasteiger partial charge >= 0.3 is 29.6 Å². The molecule has 5 heteroatoms. The molecule has 0 bridgehead atoms. The fourth-order valence-corrected chi connectivity index (χ4v) is 0. The van der Waals surface area contributed by atoms with E-state index >= 15 is 0 Å². The van der Waals surface area contributed by atoms with E-state index in [1.807, 2.05) is 0 Å². The Labute approximate surface area is 82.5 Å². The zero-order valence-electron chi connectivity index (χ0n) is 5.05. The molecule has 0 atom stereocenters. The summed E-state index contributed by atoms with van der Waals surface area (Å²) in [6.07, 6.45) is 0. The summed E-state index contributed by atoms with van der Waals surface area (Å²) in [5.74, 6) is 0. The summed E-state index contributed by atoms with van der Waals surface area (Å²) < 4.78 is 0.0833. The second-order valence-corrected chi connectivity index (χ2v) is 1.77. The maximum atomic E-state index is 7.57. The van der Waals surface area contributed by atoms with Gasteiger partial charge in [-0.2, -0.15) is 0 Å². The summed E-state index contributed by atoms with van der Waals surface area (Å²) in [5.41, 5.74) is 4.66. The summed E-state index contributed by atoms with van der Waals surface area (Å²) in [5, 5.41) is 7.57. The van der Waals surface area contributed by atoms with Crippen LogP contribution in [0.3, 0.4) is 0 Å². The predicted molar refractivity (Wildman–Crippen MR) is 36.9 cm³/mol. The first kappa shape index (κ1) is 16.0. The van der Waals surface area contributed by atoms with E-state index < -0.39 is 0 Å². The summed E-state index contributed by atoms with van der Waals surface area (Å²) in [7, 11) is 0. The van der Waals surface area contributed by atoms with Gasteiger partial charge < -0.3 is 35.7 Å². The van der Waals surface area contributed by atoms with Crippen molar-refractivity contribution in [3.8, 4) is 0 Å². The Balaban J connectivity index is -0.0000000575. The minimum Gasteiger partial charge on any atom is -0.415 e. The molecule has 0 saturated carbocycles. The molecule has 44 valence electrons. The van der Waals surface area contributed by atoms with E-state index in [-0.39, 0.29) is 40.5 Å². The zero-order chi connectivity index (χ0) is 6.28. The standard InChI is InChI=1S/C2H6O.CH3NS2.Na/c1-2-3;2-1(3)4;/h3H,2H2,1H3;(H3,2,3,4);/q;;+1/p-1. The van der Waals surface area contributed by atoms with Crippen molar-refractivity contribution in [1.29, 1.82) is 0 Å². The molecule has 3 N–H and O–H groups in total. The van der Waals surface area contributed by atoms with Crippen LogP contribution in [0.2, 0.25) is 0 Å². The molecule has 0 aromatic heterocycles. The van der Waals surface area contributed by atoms with Gasteiger partial charge in [-0.05, 0) is 6.92 Å². The van der Waals surface area contributed by atoms with Crippen LogP contribution in [0.1, 0.15) is 6.92 Å². The molecular formula is C3H8NNaOS2. The van der Waals surface area contributed by atoms with Crippen LogP contribution in [0.25, 0.3) is 0 Å². The van der Waals surface area contributed by atoms with Gasteiger partial charge in [-0.3, -0.25) is 0 Å². The molecule has 0 heterocycles. The predicted octanol–water partition coefficient (Wildman–Crippen LogP) is -3.22. The number of rotatable bonds is 0. The van der Waals surface area contributed by atoms with E-state index in [0.29, 0.717) is 0 Å². The van der Waals surface area contributed by atoms with Crippen molar-refractivity contribution < 1.29 is 34.7 Å². The van der Waals surface area contributed by atoms with Crippen LogP contribution in [0, 0.1) is 0 Å². The molecule has 0 spiro atoms. The van der Waals surface area contributed by atoms with Gasteiger partial charge in [-0.25, -0.2) is 0 Å². The molecule has 0 rings (SSSR count). The number of hydrogen-bond acceptors (Lipinski definition) is 3. The Kier molecular flexibility index (Phi) is 31.4. The Bertz CT molecular complexity index is 48.5. The van der Waals surface area contributed by atoms with Crippen LogP contribution in [0.5, 0.6) is 0 Å². The molecular weight excluding hydrogens is 153 g/mol. The van der Waals surface area contributed by atoms with Crippen LogP contribution < -0.4 is 35.3 Å². The van der Waals surface area contributed by atoms with E-state index in [9.17, 15) is 0 Å². The fraction of sp³-hybridized carbons (Fsp3) is 0.667. The van der Waals surface area contributed by atoms with Crippen molar-refractivity contribution in [2.45, 2.75) is 6.92 Å². The van der Waals surface area contributed by atoms with E-state index in [4.69, 9.17) is 5.11 Å². The monoisotopic (exact) mass is 161 g/mol. The molecule has 0 aromatic carbocycles. The summed E-state index contributed by atoms with van der Waals surface area (Å²) in [6, 6.07) is 0. The van der Waals surface area contributed by atoms with Crippen molar-refractivity contribution in [3.05, 3.63) is 0 Å². The first-order valence-electron chi connectivity index (χ1n) is 1.72. The summed E-state index contributed by atoms with van der Waals surface area (Å²) in [6.45, 7) is 1.93. The second kappa shape index (κ2) is 15.7. The normalized spacial score (nSPS) is 5.25. The minimum absolute atomic E-state index is 0. The molecule has 0 aromatic rings. The smallest absolute Gasteiger partial charge is 0.415 e. The average Bonchev–Trinajstić information content (AvgIpc) is 1.33. The topological polar surface area (TPSA) is 46.2 Å². The van der Waals surface area contributed by atoms with Gasteiger partial charge in [0, 0.05) is 6.61 Å². The Morgan fingerprint density at radius 2 is 1.88 bits per heavy atom. The molecule has 2 nitrogen and oxygen atoms in total. The molecule has 8 heavy (non-hydrogen) atoms. The largest absolute Gasteiger partial charge is 1.00 e. The first-order chi connectivity index (χ1) is 3.15. The van der Waals surface area contributed by atoms with Crippen LogP contribution >= 0.6 is 12.2 Å². The Morgan fingerprint density at radius 3 is 1.88 bits per heavy atom. The zero-order valence-corrected chi connectivity index (χ0v) is 8.68. The number of nitrogens with two attached hydrogens (primary N) is 1. The molecule has 0 amide bonds. The SMILES string of the molecule is CCO.NC(=S)[S-].[Na+]. The van der Waals surface area contributed by atoms with E-state index in [1.165, 1.54) is 0 Å². The van der Waals surface area contributed by atoms with Gasteiger partial charge in [-0.15, -0.1) is 0 Å². The van der Waals surface area contributed by atoms with Gasteiger partial charge in [0.15, 0.2) is 0 Å². The van der Waals surface area contributed by atoms with Crippen LogP contribution in [0.4, 0.5) is 0 Å². The number of aliphatic hydroxyl groups is 1. The van der Waals surface area contributed by atoms with Gasteiger partial charge in [0.25, 0.3) is 0 Å². The van der Waals surface area contributed by atoms with E-state index in [2.05, 4.69) is 30.6 Å². The maximum absolute atomic E-state index is 7.57. The van der Waals surface area contributed by atoms with Crippen molar-refractivity contribution in [2.75, 3.05) is 6.61 Å². The molecule has 0 saturated heterocycles. The summed E-state index contributed by atoms with van der Waals surface area (Å²) >= 11 is 8.26. The first-order valence-corrected chi connectivity index (χ1v) is 2.54. The van der Waals surface area contributed by atoms with Crippen molar-refractivity contribution in [3.63, 3.8) is 0 Å². The van der Waals surface area contributed by atoms with Crippen LogP contribution in [0.15, 0.2) is 0 Å². The van der Waals surface area contributed by atoms with Gasteiger partial charge in [-0.1, -0.05) is 4.32 Å². The molecule has 0 fully saturated rings. The van der Waals surface area contributed by atoms with Gasteiger partial charge in [0.1, 0.15) is 0 Å². The van der Waals surface area contributed by atoms with Crippen LogP contribution in [-0.2, 0) is 12.6 Å². The van der Waals surface area contributed by atoms with Crippen LogP contribution in [-0.4, -0.2) is 16.0 Å². The van der Waals surface area contributed by atoms with E-state index in [0.717, 1.165) is 0 Å². The molecule has 0 radical (unpaired) electrons. The van der Waals surface area contributed by atoms with Crippen molar-refractivity contribution >= 4 is 29.2 Å². The van der Waals surface area contributed by atoms with E-state index in [1.54, 1.807) is 6.92 Å². The third-order valence-corrected chi connectivity index (χ3v) is 0. The third kappa shape index (κ3) is 228. The molecule has 0 unspecified atom stereocenters. The fourth-order valence-electron chi connectivity index (χ4n) is 0. The summed E-state index contributed by atoms with van der Waals surface area (Å²) in [4.78, 5) is 0. The third-order valence-electron chi connectivity index (χ3n) is 0. The maximum Gasteiger partial charge on any atom is 1.00 e. The molecule has 0 aliphatic carbocycles. The molecule has 0 aliphatic rings.